The van der Waals surface area contributed by atoms with E-state index in [4.69, 9.17) is 9.47 Å². The molecule has 1 saturated heterocycles. The zero-order chi connectivity index (χ0) is 19.5. The first kappa shape index (κ1) is 18.9. The standard InChI is InChI=1S/C20H25FN4O3/c1-27-19-3-2-13(6-17(19)21)8-22-10-16-7-15(12-28-16)20(26)25-5-4-14-9-23-24-18(14)11-25/h2-3,6,9,15-16,22H,4-5,7-8,10-12H2,1H3,(H,23,24)/t15-,16-/m0/s1. The van der Waals surface area contributed by atoms with E-state index in [0.29, 0.717) is 32.7 Å². The molecule has 28 heavy (non-hydrogen) atoms. The number of hydrogen-bond acceptors (Lipinski definition) is 5. The van der Waals surface area contributed by atoms with E-state index in [1.54, 1.807) is 6.07 Å². The van der Waals surface area contributed by atoms with Crippen molar-refractivity contribution in [3.8, 4) is 5.75 Å². The lowest BCUT2D eigenvalue weighted by atomic mass is 10.0. The lowest BCUT2D eigenvalue weighted by Crippen LogP contribution is -2.40. The zero-order valence-electron chi connectivity index (χ0n) is 15.9. The SMILES string of the molecule is COc1ccc(CNC[C@@H]2C[C@H](C(=O)N3CCc4cn[nH]c4C3)CO2)cc1F. The highest BCUT2D eigenvalue weighted by Gasteiger charge is 2.34. The van der Waals surface area contributed by atoms with Crippen molar-refractivity contribution in [2.24, 2.45) is 5.92 Å². The van der Waals surface area contributed by atoms with Crippen molar-refractivity contribution in [1.29, 1.82) is 0 Å². The van der Waals surface area contributed by atoms with E-state index in [0.717, 1.165) is 24.2 Å². The van der Waals surface area contributed by atoms with Gasteiger partial charge in [0.05, 0.1) is 44.2 Å². The van der Waals surface area contributed by atoms with E-state index in [-0.39, 0.29) is 29.5 Å². The summed E-state index contributed by atoms with van der Waals surface area (Å²) in [5.41, 5.74) is 3.07. The fraction of sp³-hybridized carbons (Fsp3) is 0.500. The lowest BCUT2D eigenvalue weighted by molar-refractivity contribution is -0.136. The molecule has 2 atom stereocenters. The molecule has 1 amide bonds. The van der Waals surface area contributed by atoms with Crippen molar-refractivity contribution >= 4 is 5.91 Å². The minimum absolute atomic E-state index is 0.00967. The van der Waals surface area contributed by atoms with E-state index < -0.39 is 0 Å². The number of nitrogens with zero attached hydrogens (tertiary/aromatic N) is 2. The van der Waals surface area contributed by atoms with Crippen LogP contribution in [-0.4, -0.2) is 53.9 Å². The molecule has 0 saturated carbocycles. The van der Waals surface area contributed by atoms with Gasteiger partial charge in [-0.15, -0.1) is 0 Å². The van der Waals surface area contributed by atoms with Crippen LogP contribution in [0.2, 0.25) is 0 Å². The van der Waals surface area contributed by atoms with Gasteiger partial charge in [-0.2, -0.15) is 5.10 Å². The number of H-pyrrole nitrogens is 1. The number of benzene rings is 1. The van der Waals surface area contributed by atoms with E-state index in [2.05, 4.69) is 15.5 Å². The van der Waals surface area contributed by atoms with Gasteiger partial charge in [-0.1, -0.05) is 6.07 Å². The van der Waals surface area contributed by atoms with Gasteiger partial charge in [0.2, 0.25) is 5.91 Å². The van der Waals surface area contributed by atoms with Crippen LogP contribution >= 0.6 is 0 Å². The predicted molar refractivity (Wildman–Crippen MR) is 100 cm³/mol. The maximum Gasteiger partial charge on any atom is 0.228 e. The number of aromatic amines is 1. The van der Waals surface area contributed by atoms with Gasteiger partial charge in [0.1, 0.15) is 0 Å². The Morgan fingerprint density at radius 2 is 2.39 bits per heavy atom. The predicted octanol–water partition coefficient (Wildman–Crippen LogP) is 1.64. The minimum atomic E-state index is -0.369. The van der Waals surface area contributed by atoms with Crippen molar-refractivity contribution < 1.29 is 18.7 Å². The Balaban J connectivity index is 1.23. The molecule has 0 bridgehead atoms. The normalized spacial score (nSPS) is 21.6. The third-order valence-electron chi connectivity index (χ3n) is 5.47. The molecule has 1 aromatic carbocycles. The number of aromatic nitrogens is 2. The molecule has 3 heterocycles. The number of nitrogens with one attached hydrogen (secondary N) is 2. The van der Waals surface area contributed by atoms with Crippen LogP contribution in [0.5, 0.6) is 5.75 Å². The summed E-state index contributed by atoms with van der Waals surface area (Å²) in [6, 6.07) is 4.92. The van der Waals surface area contributed by atoms with Gasteiger partial charge in [-0.3, -0.25) is 9.89 Å². The molecule has 1 aromatic heterocycles. The summed E-state index contributed by atoms with van der Waals surface area (Å²) in [6.07, 6.45) is 3.38. The molecular weight excluding hydrogens is 363 g/mol. The summed E-state index contributed by atoms with van der Waals surface area (Å²) in [4.78, 5) is 14.7. The number of ether oxygens (including phenoxy) is 2. The number of carbonyl (C=O) groups is 1. The highest BCUT2D eigenvalue weighted by atomic mass is 19.1. The van der Waals surface area contributed by atoms with Crippen LogP contribution in [-0.2, 0) is 29.0 Å². The van der Waals surface area contributed by atoms with E-state index in [9.17, 15) is 9.18 Å². The maximum atomic E-state index is 13.7. The van der Waals surface area contributed by atoms with Crippen molar-refractivity contribution in [1.82, 2.24) is 20.4 Å². The van der Waals surface area contributed by atoms with Crippen LogP contribution in [0.25, 0.3) is 0 Å². The summed E-state index contributed by atoms with van der Waals surface area (Å²) in [5, 5.41) is 10.3. The van der Waals surface area contributed by atoms with E-state index in [1.807, 2.05) is 17.2 Å². The molecule has 2 aliphatic rings. The zero-order valence-corrected chi connectivity index (χ0v) is 15.9. The van der Waals surface area contributed by atoms with Crippen molar-refractivity contribution in [3.05, 3.63) is 47.0 Å². The Hall–Kier alpha value is -2.45. The van der Waals surface area contributed by atoms with Gasteiger partial charge in [0.25, 0.3) is 0 Å². The Kier molecular flexibility index (Phi) is 5.59. The van der Waals surface area contributed by atoms with Crippen LogP contribution in [0.15, 0.2) is 24.4 Å². The molecule has 4 rings (SSSR count). The summed E-state index contributed by atoms with van der Waals surface area (Å²) < 4.78 is 24.5. The molecule has 2 aliphatic heterocycles. The molecule has 7 nitrogen and oxygen atoms in total. The number of methoxy groups -OCH3 is 1. The quantitative estimate of drug-likeness (QED) is 0.787. The third kappa shape index (κ3) is 4.02. The molecule has 8 heteroatoms. The van der Waals surface area contributed by atoms with E-state index >= 15 is 0 Å². The first-order valence-electron chi connectivity index (χ1n) is 9.58. The smallest absolute Gasteiger partial charge is 0.228 e. The monoisotopic (exact) mass is 388 g/mol. The van der Waals surface area contributed by atoms with Gasteiger partial charge < -0.3 is 19.7 Å². The minimum Gasteiger partial charge on any atom is -0.494 e. The number of fused-ring (bicyclic) bond motifs is 1. The van der Waals surface area contributed by atoms with Crippen molar-refractivity contribution in [2.45, 2.75) is 32.0 Å². The lowest BCUT2D eigenvalue weighted by Gasteiger charge is -2.28. The van der Waals surface area contributed by atoms with Crippen LogP contribution in [0.3, 0.4) is 0 Å². The molecule has 0 unspecified atom stereocenters. The molecule has 0 aliphatic carbocycles. The largest absolute Gasteiger partial charge is 0.494 e. The Morgan fingerprint density at radius 3 is 3.21 bits per heavy atom. The summed E-state index contributed by atoms with van der Waals surface area (Å²) in [5.74, 6) is -0.0783. The molecule has 2 N–H and O–H groups in total. The van der Waals surface area contributed by atoms with Gasteiger partial charge in [0.15, 0.2) is 11.6 Å². The van der Waals surface area contributed by atoms with Crippen LogP contribution in [0, 0.1) is 11.7 Å². The van der Waals surface area contributed by atoms with Crippen molar-refractivity contribution in [2.75, 3.05) is 26.8 Å². The van der Waals surface area contributed by atoms with Crippen LogP contribution in [0.4, 0.5) is 4.39 Å². The number of amides is 1. The third-order valence-corrected chi connectivity index (χ3v) is 5.47. The highest BCUT2D eigenvalue weighted by molar-refractivity contribution is 5.79. The molecule has 2 aromatic rings. The molecule has 1 fully saturated rings. The number of halogens is 1. The van der Waals surface area contributed by atoms with Gasteiger partial charge in [-0.25, -0.2) is 4.39 Å². The Labute approximate surface area is 163 Å². The number of rotatable bonds is 6. The number of carbonyl (C=O) groups excluding carboxylic acids is 1. The first-order chi connectivity index (χ1) is 13.6. The average Bonchev–Trinajstić information content (AvgIpc) is 3.36. The Morgan fingerprint density at radius 1 is 1.50 bits per heavy atom. The van der Waals surface area contributed by atoms with Gasteiger partial charge in [0, 0.05) is 19.6 Å². The fourth-order valence-corrected chi connectivity index (χ4v) is 3.88. The van der Waals surface area contributed by atoms with Gasteiger partial charge >= 0.3 is 0 Å². The second-order valence-corrected chi connectivity index (χ2v) is 7.37. The van der Waals surface area contributed by atoms with Crippen LogP contribution < -0.4 is 10.1 Å². The topological polar surface area (TPSA) is 79.5 Å². The second-order valence-electron chi connectivity index (χ2n) is 7.37. The second kappa shape index (κ2) is 8.28. The van der Waals surface area contributed by atoms with E-state index in [1.165, 1.54) is 18.7 Å². The highest BCUT2D eigenvalue weighted by Crippen LogP contribution is 2.25. The summed E-state index contributed by atoms with van der Waals surface area (Å²) >= 11 is 0. The number of hydrogen-bond donors (Lipinski definition) is 2. The van der Waals surface area contributed by atoms with Crippen molar-refractivity contribution in [3.63, 3.8) is 0 Å². The van der Waals surface area contributed by atoms with Crippen LogP contribution in [0.1, 0.15) is 23.2 Å². The maximum absolute atomic E-state index is 13.7. The average molecular weight is 388 g/mol. The molecule has 150 valence electrons. The molecular formula is C20H25FN4O3. The summed E-state index contributed by atoms with van der Waals surface area (Å²) in [6.45, 7) is 2.94. The fourth-order valence-electron chi connectivity index (χ4n) is 3.88. The van der Waals surface area contributed by atoms with Gasteiger partial charge in [-0.05, 0) is 36.1 Å². The molecule has 0 spiro atoms. The Bertz CT molecular complexity index is 841. The molecule has 0 radical (unpaired) electrons. The summed E-state index contributed by atoms with van der Waals surface area (Å²) in [7, 11) is 1.45. The first-order valence-corrected chi connectivity index (χ1v) is 9.58.